The maximum Gasteiger partial charge on any atom is 0.274 e. The van der Waals surface area contributed by atoms with E-state index in [1.165, 1.54) is 19.0 Å². The van der Waals surface area contributed by atoms with Crippen LogP contribution >= 0.6 is 0 Å². The minimum absolute atomic E-state index is 0.0422. The third-order valence-corrected chi connectivity index (χ3v) is 5.22. The van der Waals surface area contributed by atoms with Gasteiger partial charge in [-0.2, -0.15) is 0 Å². The van der Waals surface area contributed by atoms with Crippen LogP contribution in [0.3, 0.4) is 0 Å². The summed E-state index contributed by atoms with van der Waals surface area (Å²) in [5, 5.41) is 0. The zero-order chi connectivity index (χ0) is 17.9. The number of carbonyl (C=O) groups excluding carboxylic acids is 1. The summed E-state index contributed by atoms with van der Waals surface area (Å²) in [5.74, 6) is 2.25. The van der Waals surface area contributed by atoms with Crippen molar-refractivity contribution in [2.45, 2.75) is 38.5 Å². The highest BCUT2D eigenvalue weighted by Crippen LogP contribution is 2.28. The van der Waals surface area contributed by atoms with Crippen molar-refractivity contribution in [3.63, 3.8) is 0 Å². The minimum atomic E-state index is -0.0422. The van der Waals surface area contributed by atoms with Crippen molar-refractivity contribution in [2.24, 2.45) is 0 Å². The average Bonchev–Trinajstić information content (AvgIpc) is 3.23. The van der Waals surface area contributed by atoms with E-state index in [-0.39, 0.29) is 5.91 Å². The van der Waals surface area contributed by atoms with Gasteiger partial charge in [0.2, 0.25) is 0 Å². The molecule has 2 fully saturated rings. The highest BCUT2D eigenvalue weighted by atomic mass is 16.2. The van der Waals surface area contributed by atoms with Crippen molar-refractivity contribution in [1.29, 1.82) is 0 Å². The Labute approximate surface area is 153 Å². The Morgan fingerprint density at radius 3 is 2.54 bits per heavy atom. The van der Waals surface area contributed by atoms with Gasteiger partial charge in [-0.15, -0.1) is 0 Å². The molecule has 0 saturated carbocycles. The van der Waals surface area contributed by atoms with E-state index in [0.717, 1.165) is 43.3 Å². The van der Waals surface area contributed by atoms with Crippen molar-refractivity contribution < 1.29 is 4.79 Å². The zero-order valence-corrected chi connectivity index (χ0v) is 15.1. The summed E-state index contributed by atoms with van der Waals surface area (Å²) >= 11 is 0. The molecule has 136 valence electrons. The quantitative estimate of drug-likeness (QED) is 0.843. The summed E-state index contributed by atoms with van der Waals surface area (Å²) in [6, 6.07) is 2.08. The van der Waals surface area contributed by atoms with E-state index in [9.17, 15) is 4.79 Å². The van der Waals surface area contributed by atoms with Gasteiger partial charge in [-0.1, -0.05) is 0 Å². The van der Waals surface area contributed by atoms with Gasteiger partial charge in [-0.25, -0.2) is 15.0 Å². The summed E-state index contributed by atoms with van der Waals surface area (Å²) in [7, 11) is 0. The number of nitrogens with zero attached hydrogens (tertiary/aromatic N) is 6. The first-order valence-electron chi connectivity index (χ1n) is 9.36. The molecule has 0 bridgehead atoms. The molecule has 2 aromatic heterocycles. The molecule has 26 heavy (non-hydrogen) atoms. The van der Waals surface area contributed by atoms with Gasteiger partial charge in [0, 0.05) is 56.3 Å². The van der Waals surface area contributed by atoms with Crippen molar-refractivity contribution in [3.05, 3.63) is 41.9 Å². The van der Waals surface area contributed by atoms with Crippen LogP contribution in [0.1, 0.15) is 53.6 Å². The number of likely N-dealkylation sites (tertiary alicyclic amines) is 1. The highest BCUT2D eigenvalue weighted by molar-refractivity contribution is 5.92. The summed E-state index contributed by atoms with van der Waals surface area (Å²) in [5.41, 5.74) is 1.43. The molecular formula is C19H24N6O. The predicted octanol–water partition coefficient (Wildman–Crippen LogP) is 2.20. The summed E-state index contributed by atoms with van der Waals surface area (Å²) in [6.07, 6.45) is 8.91. The Hall–Kier alpha value is -2.57. The van der Waals surface area contributed by atoms with Crippen LogP contribution in [0.5, 0.6) is 0 Å². The number of aromatic nitrogens is 4. The second kappa shape index (κ2) is 7.35. The molecule has 7 heteroatoms. The third-order valence-electron chi connectivity index (χ3n) is 5.22. The monoisotopic (exact) mass is 352 g/mol. The maximum absolute atomic E-state index is 12.5. The van der Waals surface area contributed by atoms with Crippen molar-refractivity contribution in [2.75, 3.05) is 31.1 Å². The SMILES string of the molecule is Cc1cc(N2CCCC2)nc(C2CCN(C(=O)c3cnccn3)CC2)n1. The van der Waals surface area contributed by atoms with Crippen molar-refractivity contribution in [1.82, 2.24) is 24.8 Å². The number of aryl methyl sites for hydroxylation is 1. The molecule has 0 unspecified atom stereocenters. The zero-order valence-electron chi connectivity index (χ0n) is 15.1. The summed E-state index contributed by atoms with van der Waals surface area (Å²) < 4.78 is 0. The van der Waals surface area contributed by atoms with Crippen LogP contribution < -0.4 is 4.90 Å². The molecule has 2 saturated heterocycles. The molecule has 0 aliphatic carbocycles. The Balaban J connectivity index is 1.44. The molecule has 0 radical (unpaired) electrons. The molecule has 2 aromatic rings. The number of carbonyl (C=O) groups is 1. The van der Waals surface area contributed by atoms with E-state index < -0.39 is 0 Å². The van der Waals surface area contributed by atoms with Crippen LogP contribution in [-0.4, -0.2) is 56.9 Å². The second-order valence-electron chi connectivity index (χ2n) is 7.08. The second-order valence-corrected chi connectivity index (χ2v) is 7.08. The van der Waals surface area contributed by atoms with Gasteiger partial charge < -0.3 is 9.80 Å². The van der Waals surface area contributed by atoms with Crippen molar-refractivity contribution in [3.8, 4) is 0 Å². The largest absolute Gasteiger partial charge is 0.357 e. The number of hydrogen-bond acceptors (Lipinski definition) is 6. The van der Waals surface area contributed by atoms with E-state index in [1.54, 1.807) is 12.4 Å². The van der Waals surface area contributed by atoms with Crippen molar-refractivity contribution >= 4 is 11.7 Å². The first-order valence-corrected chi connectivity index (χ1v) is 9.36. The fraction of sp³-hybridized carbons (Fsp3) is 0.526. The third kappa shape index (κ3) is 3.52. The first-order chi connectivity index (χ1) is 12.7. The van der Waals surface area contributed by atoms with E-state index in [0.29, 0.717) is 24.7 Å². The maximum atomic E-state index is 12.5. The Kier molecular flexibility index (Phi) is 4.77. The molecule has 2 aliphatic rings. The van der Waals surface area contributed by atoms with Gasteiger partial charge in [-0.05, 0) is 32.6 Å². The van der Waals surface area contributed by atoms with Gasteiger partial charge in [-0.3, -0.25) is 9.78 Å². The van der Waals surface area contributed by atoms with E-state index in [4.69, 9.17) is 9.97 Å². The van der Waals surface area contributed by atoms with Crippen LogP contribution in [0.25, 0.3) is 0 Å². The average molecular weight is 352 g/mol. The van der Waals surface area contributed by atoms with Crippen LogP contribution in [0.2, 0.25) is 0 Å². The van der Waals surface area contributed by atoms with E-state index in [2.05, 4.69) is 20.9 Å². The van der Waals surface area contributed by atoms with Crippen LogP contribution in [0.15, 0.2) is 24.7 Å². The van der Waals surface area contributed by atoms with Gasteiger partial charge in [0.25, 0.3) is 5.91 Å². The number of hydrogen-bond donors (Lipinski definition) is 0. The number of amides is 1. The highest BCUT2D eigenvalue weighted by Gasteiger charge is 2.27. The Bertz CT molecular complexity index is 767. The molecule has 4 rings (SSSR count). The molecule has 0 atom stereocenters. The first kappa shape index (κ1) is 16.9. The smallest absolute Gasteiger partial charge is 0.274 e. The van der Waals surface area contributed by atoms with Crippen LogP contribution in [0, 0.1) is 6.92 Å². The lowest BCUT2D eigenvalue weighted by Gasteiger charge is -2.31. The molecule has 1 amide bonds. The van der Waals surface area contributed by atoms with Gasteiger partial charge in [0.15, 0.2) is 0 Å². The number of rotatable bonds is 3. The lowest BCUT2D eigenvalue weighted by molar-refractivity contribution is 0.0704. The number of piperidine rings is 1. The minimum Gasteiger partial charge on any atom is -0.357 e. The summed E-state index contributed by atoms with van der Waals surface area (Å²) in [6.45, 7) is 5.62. The van der Waals surface area contributed by atoms with E-state index >= 15 is 0 Å². The summed E-state index contributed by atoms with van der Waals surface area (Å²) in [4.78, 5) is 34.4. The van der Waals surface area contributed by atoms with Gasteiger partial charge >= 0.3 is 0 Å². The molecule has 0 aromatic carbocycles. The van der Waals surface area contributed by atoms with E-state index in [1.807, 2.05) is 11.8 Å². The van der Waals surface area contributed by atoms with Gasteiger partial charge in [0.1, 0.15) is 17.3 Å². The molecule has 7 nitrogen and oxygen atoms in total. The van der Waals surface area contributed by atoms with Crippen LogP contribution in [-0.2, 0) is 0 Å². The van der Waals surface area contributed by atoms with Gasteiger partial charge in [0.05, 0.1) is 6.20 Å². The standard InChI is InChI=1S/C19H24N6O/c1-14-12-17(24-8-2-3-9-24)23-18(22-14)15-4-10-25(11-5-15)19(26)16-13-20-6-7-21-16/h6-7,12-13,15H,2-5,8-11H2,1H3. The topological polar surface area (TPSA) is 75.1 Å². The lowest BCUT2D eigenvalue weighted by Crippen LogP contribution is -2.38. The molecular weight excluding hydrogens is 328 g/mol. The normalized spacial score (nSPS) is 18.3. The molecule has 0 N–H and O–H groups in total. The molecule has 2 aliphatic heterocycles. The fourth-order valence-electron chi connectivity index (χ4n) is 3.78. The Morgan fingerprint density at radius 2 is 1.85 bits per heavy atom. The molecule has 4 heterocycles. The predicted molar refractivity (Wildman–Crippen MR) is 98.1 cm³/mol. The van der Waals surface area contributed by atoms with Crippen LogP contribution in [0.4, 0.5) is 5.82 Å². The lowest BCUT2D eigenvalue weighted by atomic mass is 9.95. The fourth-order valence-corrected chi connectivity index (χ4v) is 3.78. The number of anilines is 1. The molecule has 0 spiro atoms. The Morgan fingerprint density at radius 1 is 1.08 bits per heavy atom.